The number of carbonyl (C=O) groups is 1. The van der Waals surface area contributed by atoms with Gasteiger partial charge in [0.1, 0.15) is 0 Å². The SMILES string of the molecule is Cc1ccccc1C(=O)N1CCC(NS(=O)(=O)N(C)C)CC1. The zero-order chi connectivity index (χ0) is 16.3. The maximum atomic E-state index is 12.5. The van der Waals surface area contributed by atoms with Crippen molar-refractivity contribution in [1.29, 1.82) is 0 Å². The van der Waals surface area contributed by atoms with E-state index < -0.39 is 10.2 Å². The molecule has 1 aliphatic rings. The normalized spacial score (nSPS) is 17.0. The van der Waals surface area contributed by atoms with Crippen molar-refractivity contribution in [3.8, 4) is 0 Å². The van der Waals surface area contributed by atoms with E-state index in [0.717, 1.165) is 15.4 Å². The summed E-state index contributed by atoms with van der Waals surface area (Å²) in [6.07, 6.45) is 1.26. The summed E-state index contributed by atoms with van der Waals surface area (Å²) >= 11 is 0. The summed E-state index contributed by atoms with van der Waals surface area (Å²) in [5.41, 5.74) is 1.68. The number of likely N-dealkylation sites (tertiary alicyclic amines) is 1. The van der Waals surface area contributed by atoms with E-state index in [-0.39, 0.29) is 11.9 Å². The van der Waals surface area contributed by atoms with Gasteiger partial charge in [0.25, 0.3) is 16.1 Å². The van der Waals surface area contributed by atoms with Gasteiger partial charge in [-0.15, -0.1) is 0 Å². The Morgan fingerprint density at radius 3 is 2.36 bits per heavy atom. The largest absolute Gasteiger partial charge is 0.339 e. The van der Waals surface area contributed by atoms with E-state index in [0.29, 0.717) is 25.9 Å². The minimum atomic E-state index is -3.41. The molecular weight excluding hydrogens is 302 g/mol. The summed E-state index contributed by atoms with van der Waals surface area (Å²) in [5.74, 6) is 0.0204. The molecule has 122 valence electrons. The lowest BCUT2D eigenvalue weighted by Gasteiger charge is -2.33. The van der Waals surface area contributed by atoms with Crippen molar-refractivity contribution in [2.75, 3.05) is 27.2 Å². The Labute approximate surface area is 132 Å². The van der Waals surface area contributed by atoms with Crippen molar-refractivity contribution < 1.29 is 13.2 Å². The maximum absolute atomic E-state index is 12.5. The van der Waals surface area contributed by atoms with Crippen LogP contribution in [-0.2, 0) is 10.2 Å². The van der Waals surface area contributed by atoms with Crippen LogP contribution in [0.4, 0.5) is 0 Å². The molecule has 1 aromatic carbocycles. The van der Waals surface area contributed by atoms with Gasteiger partial charge in [0.2, 0.25) is 0 Å². The van der Waals surface area contributed by atoms with Crippen molar-refractivity contribution in [1.82, 2.24) is 13.9 Å². The molecule has 1 fully saturated rings. The minimum Gasteiger partial charge on any atom is -0.339 e. The highest BCUT2D eigenvalue weighted by Crippen LogP contribution is 2.17. The third-order valence-corrected chi connectivity index (χ3v) is 5.55. The van der Waals surface area contributed by atoms with Crippen molar-refractivity contribution in [2.45, 2.75) is 25.8 Å². The molecule has 0 atom stereocenters. The third kappa shape index (κ3) is 3.85. The van der Waals surface area contributed by atoms with E-state index in [1.54, 1.807) is 4.90 Å². The van der Waals surface area contributed by atoms with Gasteiger partial charge in [-0.05, 0) is 31.4 Å². The van der Waals surface area contributed by atoms with Gasteiger partial charge >= 0.3 is 0 Å². The second-order valence-corrected chi connectivity index (χ2v) is 7.70. The van der Waals surface area contributed by atoms with E-state index in [1.165, 1.54) is 14.1 Å². The van der Waals surface area contributed by atoms with Crippen LogP contribution in [0, 0.1) is 6.92 Å². The average molecular weight is 325 g/mol. The van der Waals surface area contributed by atoms with Gasteiger partial charge in [0.15, 0.2) is 0 Å². The average Bonchev–Trinajstić information content (AvgIpc) is 2.47. The molecule has 0 aliphatic carbocycles. The first-order valence-electron chi connectivity index (χ1n) is 7.36. The van der Waals surface area contributed by atoms with Crippen molar-refractivity contribution in [3.05, 3.63) is 35.4 Å². The number of hydrogen-bond acceptors (Lipinski definition) is 3. The van der Waals surface area contributed by atoms with Crippen LogP contribution in [0.3, 0.4) is 0 Å². The fraction of sp³-hybridized carbons (Fsp3) is 0.533. The topological polar surface area (TPSA) is 69.7 Å². The van der Waals surface area contributed by atoms with Gasteiger partial charge in [-0.2, -0.15) is 17.4 Å². The molecule has 1 N–H and O–H groups in total. The fourth-order valence-corrected chi connectivity index (χ4v) is 3.37. The Morgan fingerprint density at radius 1 is 1.23 bits per heavy atom. The molecule has 1 aromatic rings. The number of nitrogens with one attached hydrogen (secondary N) is 1. The molecule has 0 unspecified atom stereocenters. The van der Waals surface area contributed by atoms with Gasteiger partial charge in [-0.3, -0.25) is 4.79 Å². The van der Waals surface area contributed by atoms with E-state index in [1.807, 2.05) is 31.2 Å². The number of carbonyl (C=O) groups excluding carboxylic acids is 1. The number of aryl methyl sites for hydroxylation is 1. The summed E-state index contributed by atoms with van der Waals surface area (Å²) < 4.78 is 27.5. The summed E-state index contributed by atoms with van der Waals surface area (Å²) in [6, 6.07) is 7.41. The zero-order valence-electron chi connectivity index (χ0n) is 13.2. The Balaban J connectivity index is 1.95. The maximum Gasteiger partial charge on any atom is 0.279 e. The first kappa shape index (κ1) is 16.9. The standard InChI is InChI=1S/C15H23N3O3S/c1-12-6-4-5-7-14(12)15(19)18-10-8-13(9-11-18)16-22(20,21)17(2)3/h4-7,13,16H,8-11H2,1-3H3. The van der Waals surface area contributed by atoms with Crippen LogP contribution in [0.25, 0.3) is 0 Å². The fourth-order valence-electron chi connectivity index (χ4n) is 2.50. The second-order valence-electron chi connectivity index (χ2n) is 5.79. The highest BCUT2D eigenvalue weighted by Gasteiger charge is 2.27. The molecule has 1 amide bonds. The van der Waals surface area contributed by atoms with Crippen LogP contribution in [0.5, 0.6) is 0 Å². The van der Waals surface area contributed by atoms with Crippen molar-refractivity contribution in [3.63, 3.8) is 0 Å². The number of piperidine rings is 1. The van der Waals surface area contributed by atoms with Crippen LogP contribution in [-0.4, -0.2) is 56.8 Å². The smallest absolute Gasteiger partial charge is 0.279 e. The predicted octanol–water partition coefficient (Wildman–Crippen LogP) is 0.996. The van der Waals surface area contributed by atoms with E-state index in [4.69, 9.17) is 0 Å². The second kappa shape index (κ2) is 6.76. The monoisotopic (exact) mass is 325 g/mol. The summed E-state index contributed by atoms with van der Waals surface area (Å²) in [7, 11) is -0.416. The van der Waals surface area contributed by atoms with Gasteiger partial charge < -0.3 is 4.90 Å². The number of benzene rings is 1. The molecule has 1 heterocycles. The highest BCUT2D eigenvalue weighted by atomic mass is 32.2. The molecule has 22 heavy (non-hydrogen) atoms. The van der Waals surface area contributed by atoms with Crippen molar-refractivity contribution >= 4 is 16.1 Å². The van der Waals surface area contributed by atoms with E-state index >= 15 is 0 Å². The van der Waals surface area contributed by atoms with Crippen LogP contribution in [0.2, 0.25) is 0 Å². The number of nitrogens with zero attached hydrogens (tertiary/aromatic N) is 2. The van der Waals surface area contributed by atoms with Gasteiger partial charge in [0.05, 0.1) is 0 Å². The molecule has 1 saturated heterocycles. The van der Waals surface area contributed by atoms with Crippen LogP contribution < -0.4 is 4.72 Å². The van der Waals surface area contributed by atoms with E-state index in [2.05, 4.69) is 4.72 Å². The molecule has 0 radical (unpaired) electrons. The van der Waals surface area contributed by atoms with Crippen LogP contribution >= 0.6 is 0 Å². The Morgan fingerprint density at radius 2 is 1.82 bits per heavy atom. The summed E-state index contributed by atoms with van der Waals surface area (Å²) in [5, 5.41) is 0. The third-order valence-electron chi connectivity index (χ3n) is 3.95. The highest BCUT2D eigenvalue weighted by molar-refractivity contribution is 7.87. The lowest BCUT2D eigenvalue weighted by molar-refractivity contribution is 0.0710. The number of amides is 1. The molecule has 2 rings (SSSR count). The molecule has 0 aromatic heterocycles. The van der Waals surface area contributed by atoms with Crippen molar-refractivity contribution in [2.24, 2.45) is 0 Å². The number of rotatable bonds is 4. The lowest BCUT2D eigenvalue weighted by Crippen LogP contribution is -2.49. The van der Waals surface area contributed by atoms with Crippen LogP contribution in [0.1, 0.15) is 28.8 Å². The van der Waals surface area contributed by atoms with Gasteiger partial charge in [-0.25, -0.2) is 0 Å². The Kier molecular flexibility index (Phi) is 5.20. The molecule has 7 heteroatoms. The number of hydrogen-bond donors (Lipinski definition) is 1. The molecule has 0 spiro atoms. The summed E-state index contributed by atoms with van der Waals surface area (Å²) in [4.78, 5) is 14.3. The molecule has 1 aliphatic heterocycles. The first-order chi connectivity index (χ1) is 10.3. The Hall–Kier alpha value is -1.44. The quantitative estimate of drug-likeness (QED) is 0.898. The van der Waals surface area contributed by atoms with E-state index in [9.17, 15) is 13.2 Å². The van der Waals surface area contributed by atoms with Gasteiger partial charge in [0, 0.05) is 38.8 Å². The Bertz CT molecular complexity index is 635. The van der Waals surface area contributed by atoms with Crippen LogP contribution in [0.15, 0.2) is 24.3 Å². The minimum absolute atomic E-state index is 0.0204. The molecule has 0 bridgehead atoms. The zero-order valence-corrected chi connectivity index (χ0v) is 14.1. The molecular formula is C15H23N3O3S. The summed E-state index contributed by atoms with van der Waals surface area (Å²) in [6.45, 7) is 3.05. The first-order valence-corrected chi connectivity index (χ1v) is 8.80. The van der Waals surface area contributed by atoms with Gasteiger partial charge in [-0.1, -0.05) is 18.2 Å². The lowest BCUT2D eigenvalue weighted by atomic mass is 10.0. The molecule has 6 nitrogen and oxygen atoms in total. The molecule has 0 saturated carbocycles. The predicted molar refractivity (Wildman–Crippen MR) is 85.8 cm³/mol.